The van der Waals surface area contributed by atoms with Crippen molar-refractivity contribution in [1.82, 2.24) is 5.32 Å². The van der Waals surface area contributed by atoms with Gasteiger partial charge in [-0.25, -0.2) is 8.42 Å². The molecule has 0 aliphatic carbocycles. The Labute approximate surface area is 160 Å². The van der Waals surface area contributed by atoms with Gasteiger partial charge in [-0.05, 0) is 29.6 Å². The molecule has 1 aliphatic rings. The number of rotatable bonds is 6. The molecule has 9 heteroatoms. The minimum absolute atomic E-state index is 0.108. The van der Waals surface area contributed by atoms with Crippen LogP contribution in [0, 0.1) is 5.92 Å². The van der Waals surface area contributed by atoms with Crippen molar-refractivity contribution in [2.75, 3.05) is 16.8 Å². The quantitative estimate of drug-likeness (QED) is 0.763. The van der Waals surface area contributed by atoms with Crippen molar-refractivity contribution >= 4 is 50.4 Å². The lowest BCUT2D eigenvalue weighted by Gasteiger charge is -2.18. The van der Waals surface area contributed by atoms with E-state index in [1.165, 1.54) is 35.2 Å². The largest absolute Gasteiger partial charge is 0.351 e. The molecule has 1 unspecified atom stereocenters. The Bertz CT molecular complexity index is 923. The van der Waals surface area contributed by atoms with Gasteiger partial charge in [0, 0.05) is 15.7 Å². The molecule has 1 aliphatic heterocycles. The minimum Gasteiger partial charge on any atom is -0.351 e. The molecule has 2 heterocycles. The summed E-state index contributed by atoms with van der Waals surface area (Å²) >= 11 is 2.90. The molecule has 0 saturated heterocycles. The van der Waals surface area contributed by atoms with Crippen LogP contribution in [0.3, 0.4) is 0 Å². The summed E-state index contributed by atoms with van der Waals surface area (Å²) in [5.74, 6) is -1.11. The zero-order valence-corrected chi connectivity index (χ0v) is 16.5. The summed E-state index contributed by atoms with van der Waals surface area (Å²) in [4.78, 5) is 25.6. The topological polar surface area (TPSA) is 92.3 Å². The molecule has 6 nitrogen and oxygen atoms in total. The lowest BCUT2D eigenvalue weighted by atomic mass is 10.2. The Morgan fingerprint density at radius 1 is 1.35 bits per heavy atom. The number of thioether (sulfide) groups is 1. The lowest BCUT2D eigenvalue weighted by molar-refractivity contribution is -0.124. The summed E-state index contributed by atoms with van der Waals surface area (Å²) < 4.78 is 25.3. The number of anilines is 1. The molecule has 0 spiro atoms. The lowest BCUT2D eigenvalue weighted by Crippen LogP contribution is -2.32. The van der Waals surface area contributed by atoms with Gasteiger partial charge in [0.15, 0.2) is 9.84 Å². The third-order valence-electron chi connectivity index (χ3n) is 3.88. The first kappa shape index (κ1) is 18.9. The molecule has 138 valence electrons. The number of amides is 2. The predicted molar refractivity (Wildman–Crippen MR) is 103 cm³/mol. The molecule has 3 rings (SSSR count). The summed E-state index contributed by atoms with van der Waals surface area (Å²) in [6, 6.07) is 8.48. The number of thiophene rings is 1. The first-order valence-corrected chi connectivity index (χ1v) is 11.5. The van der Waals surface area contributed by atoms with Gasteiger partial charge in [-0.15, -0.1) is 23.1 Å². The van der Waals surface area contributed by atoms with Gasteiger partial charge in [-0.1, -0.05) is 13.0 Å². The van der Waals surface area contributed by atoms with E-state index < -0.39 is 15.8 Å². The van der Waals surface area contributed by atoms with Crippen LogP contribution in [0.4, 0.5) is 5.69 Å². The van der Waals surface area contributed by atoms with Crippen molar-refractivity contribution in [2.45, 2.75) is 23.3 Å². The monoisotopic (exact) mass is 410 g/mol. The van der Waals surface area contributed by atoms with Crippen molar-refractivity contribution in [3.05, 3.63) is 40.6 Å². The Balaban J connectivity index is 1.67. The maximum Gasteiger partial charge on any atom is 0.234 e. The summed E-state index contributed by atoms with van der Waals surface area (Å²) in [6.07, 6.45) is 0. The molecule has 0 bridgehead atoms. The zero-order valence-electron chi connectivity index (χ0n) is 14.0. The highest BCUT2D eigenvalue weighted by Crippen LogP contribution is 2.33. The fraction of sp³-hybridized carbons (Fsp3) is 0.294. The second-order valence-corrected chi connectivity index (χ2v) is 10.1. The standard InChI is InChI=1S/C17H18N2O4S3/c1-11(17(21)18-8-12-3-2-6-24-12)10-26(22,23)13-4-5-15-14(7-13)19-16(20)9-25-15/h2-7,11H,8-10H2,1H3,(H,18,21)(H,19,20). The van der Waals surface area contributed by atoms with Gasteiger partial charge in [0.2, 0.25) is 11.8 Å². The number of carbonyl (C=O) groups is 2. The number of carbonyl (C=O) groups excluding carboxylic acids is 2. The first-order valence-electron chi connectivity index (χ1n) is 7.95. The number of hydrogen-bond acceptors (Lipinski definition) is 6. The molecule has 26 heavy (non-hydrogen) atoms. The van der Waals surface area contributed by atoms with Crippen molar-refractivity contribution in [3.63, 3.8) is 0 Å². The maximum atomic E-state index is 12.6. The van der Waals surface area contributed by atoms with Gasteiger partial charge < -0.3 is 10.6 Å². The number of nitrogens with one attached hydrogen (secondary N) is 2. The fourth-order valence-electron chi connectivity index (χ4n) is 2.52. The van der Waals surface area contributed by atoms with Crippen LogP contribution in [-0.4, -0.2) is 31.7 Å². The third-order valence-corrected chi connectivity index (χ3v) is 7.74. The zero-order chi connectivity index (χ0) is 18.7. The molecule has 2 N–H and O–H groups in total. The molecular formula is C17H18N2O4S3. The van der Waals surface area contributed by atoms with Crippen LogP contribution < -0.4 is 10.6 Å². The molecule has 0 saturated carbocycles. The molecule has 2 aromatic rings. The smallest absolute Gasteiger partial charge is 0.234 e. The molecule has 0 radical (unpaired) electrons. The second kappa shape index (κ2) is 7.81. The number of benzene rings is 1. The van der Waals surface area contributed by atoms with Crippen LogP contribution in [-0.2, 0) is 26.0 Å². The predicted octanol–water partition coefficient (Wildman–Crippen LogP) is 2.52. The summed E-state index contributed by atoms with van der Waals surface area (Å²) in [7, 11) is -3.65. The van der Waals surface area contributed by atoms with E-state index in [9.17, 15) is 18.0 Å². The van der Waals surface area contributed by atoms with Gasteiger partial charge in [-0.2, -0.15) is 0 Å². The summed E-state index contributed by atoms with van der Waals surface area (Å²) in [5, 5.41) is 7.36. The van der Waals surface area contributed by atoms with E-state index in [0.717, 1.165) is 9.77 Å². The summed E-state index contributed by atoms with van der Waals surface area (Å²) in [5.41, 5.74) is 0.502. The molecule has 2 amide bonds. The van der Waals surface area contributed by atoms with E-state index in [1.807, 2.05) is 17.5 Å². The Morgan fingerprint density at radius 3 is 2.88 bits per heavy atom. The van der Waals surface area contributed by atoms with Crippen LogP contribution >= 0.6 is 23.1 Å². The van der Waals surface area contributed by atoms with Gasteiger partial charge in [0.1, 0.15) is 0 Å². The highest BCUT2D eigenvalue weighted by atomic mass is 32.2. The second-order valence-electron chi connectivity index (χ2n) is 5.97. The third kappa shape index (κ3) is 4.46. The summed E-state index contributed by atoms with van der Waals surface area (Å²) in [6.45, 7) is 1.99. The van der Waals surface area contributed by atoms with Crippen LogP contribution in [0.15, 0.2) is 45.5 Å². The number of fused-ring (bicyclic) bond motifs is 1. The molecule has 1 aromatic heterocycles. The van der Waals surface area contributed by atoms with Crippen LogP contribution in [0.5, 0.6) is 0 Å². The normalized spacial score (nSPS) is 15.0. The van der Waals surface area contributed by atoms with Crippen LogP contribution in [0.1, 0.15) is 11.8 Å². The highest BCUT2D eigenvalue weighted by Gasteiger charge is 2.25. The molecule has 1 atom stereocenters. The molecule has 1 aromatic carbocycles. The first-order chi connectivity index (χ1) is 12.3. The van der Waals surface area contributed by atoms with Gasteiger partial charge in [0.05, 0.1) is 28.6 Å². The van der Waals surface area contributed by atoms with Crippen molar-refractivity contribution < 1.29 is 18.0 Å². The average Bonchev–Trinajstić information content (AvgIpc) is 3.12. The minimum atomic E-state index is -3.65. The van der Waals surface area contributed by atoms with Crippen molar-refractivity contribution in [3.8, 4) is 0 Å². The van der Waals surface area contributed by atoms with E-state index >= 15 is 0 Å². The Kier molecular flexibility index (Phi) is 5.69. The Morgan fingerprint density at radius 2 is 2.15 bits per heavy atom. The number of sulfone groups is 1. The van der Waals surface area contributed by atoms with Crippen molar-refractivity contribution in [2.24, 2.45) is 5.92 Å². The number of hydrogen-bond donors (Lipinski definition) is 2. The van der Waals surface area contributed by atoms with Gasteiger partial charge in [0.25, 0.3) is 0 Å². The molecular weight excluding hydrogens is 392 g/mol. The van der Waals surface area contributed by atoms with Gasteiger partial charge in [-0.3, -0.25) is 9.59 Å². The maximum absolute atomic E-state index is 12.6. The highest BCUT2D eigenvalue weighted by molar-refractivity contribution is 8.00. The van der Waals surface area contributed by atoms with Gasteiger partial charge >= 0.3 is 0 Å². The molecule has 0 fully saturated rings. The van der Waals surface area contributed by atoms with E-state index in [4.69, 9.17) is 0 Å². The van der Waals surface area contributed by atoms with E-state index in [0.29, 0.717) is 18.0 Å². The van der Waals surface area contributed by atoms with Crippen LogP contribution in [0.2, 0.25) is 0 Å². The van der Waals surface area contributed by atoms with E-state index in [-0.39, 0.29) is 22.5 Å². The fourth-order valence-corrected chi connectivity index (χ4v) is 5.53. The SMILES string of the molecule is CC(CS(=O)(=O)c1ccc2c(c1)NC(=O)CS2)C(=O)NCc1cccs1. The van der Waals surface area contributed by atoms with Crippen molar-refractivity contribution in [1.29, 1.82) is 0 Å². The van der Waals surface area contributed by atoms with Crippen LogP contribution in [0.25, 0.3) is 0 Å². The van der Waals surface area contributed by atoms with E-state index in [1.54, 1.807) is 13.0 Å². The Hall–Kier alpha value is -1.84. The van der Waals surface area contributed by atoms with E-state index in [2.05, 4.69) is 10.6 Å². The average molecular weight is 411 g/mol.